The SMILES string of the molecule is CCCCn1cnc2sc3c(c2c1=O)CCC(NCc1nc(-c2ccccc2)cs1)C3. The van der Waals surface area contributed by atoms with Gasteiger partial charge < -0.3 is 5.32 Å². The van der Waals surface area contributed by atoms with Crippen molar-refractivity contribution in [3.8, 4) is 11.3 Å². The molecule has 0 radical (unpaired) electrons. The molecule has 3 heterocycles. The van der Waals surface area contributed by atoms with Crippen molar-refractivity contribution < 1.29 is 0 Å². The molecule has 3 aromatic heterocycles. The molecule has 31 heavy (non-hydrogen) atoms. The summed E-state index contributed by atoms with van der Waals surface area (Å²) in [4.78, 5) is 24.6. The van der Waals surface area contributed by atoms with Crippen LogP contribution in [0.5, 0.6) is 0 Å². The van der Waals surface area contributed by atoms with E-state index in [1.54, 1.807) is 33.6 Å². The van der Waals surface area contributed by atoms with Crippen LogP contribution in [0.3, 0.4) is 0 Å². The molecule has 0 saturated heterocycles. The predicted molar refractivity (Wildman–Crippen MR) is 129 cm³/mol. The zero-order valence-corrected chi connectivity index (χ0v) is 19.3. The second kappa shape index (κ2) is 9.02. The Kier molecular flexibility index (Phi) is 5.98. The number of aromatic nitrogens is 3. The molecular formula is C24H26N4OS2. The molecule has 5 rings (SSSR count). The van der Waals surface area contributed by atoms with Gasteiger partial charge >= 0.3 is 0 Å². The van der Waals surface area contributed by atoms with Crippen molar-refractivity contribution in [1.29, 1.82) is 0 Å². The van der Waals surface area contributed by atoms with Crippen LogP contribution in [0.15, 0.2) is 46.8 Å². The fourth-order valence-corrected chi connectivity index (χ4v) is 6.24. The van der Waals surface area contributed by atoms with Crippen LogP contribution >= 0.6 is 22.7 Å². The molecule has 1 aromatic carbocycles. The van der Waals surface area contributed by atoms with Gasteiger partial charge in [-0.15, -0.1) is 22.7 Å². The third kappa shape index (κ3) is 4.22. The topological polar surface area (TPSA) is 59.8 Å². The first kappa shape index (κ1) is 20.5. The Balaban J connectivity index is 1.28. The van der Waals surface area contributed by atoms with Crippen LogP contribution in [-0.4, -0.2) is 20.6 Å². The summed E-state index contributed by atoms with van der Waals surface area (Å²) in [6.07, 6.45) is 6.75. The van der Waals surface area contributed by atoms with Gasteiger partial charge in [0.15, 0.2) is 0 Å². The van der Waals surface area contributed by atoms with Gasteiger partial charge in [-0.25, -0.2) is 9.97 Å². The van der Waals surface area contributed by atoms with E-state index in [-0.39, 0.29) is 5.56 Å². The molecule has 1 aliphatic carbocycles. The van der Waals surface area contributed by atoms with Gasteiger partial charge in [0.25, 0.3) is 5.56 Å². The monoisotopic (exact) mass is 450 g/mol. The van der Waals surface area contributed by atoms with Crippen LogP contribution in [0.25, 0.3) is 21.5 Å². The lowest BCUT2D eigenvalue weighted by Gasteiger charge is -2.23. The maximum atomic E-state index is 13.0. The van der Waals surface area contributed by atoms with Gasteiger partial charge in [0.1, 0.15) is 9.84 Å². The van der Waals surface area contributed by atoms with Crippen LogP contribution in [0.1, 0.15) is 41.6 Å². The maximum Gasteiger partial charge on any atom is 0.262 e. The second-order valence-electron chi connectivity index (χ2n) is 8.09. The zero-order chi connectivity index (χ0) is 21.2. The van der Waals surface area contributed by atoms with Crippen molar-refractivity contribution >= 4 is 32.9 Å². The van der Waals surface area contributed by atoms with Crippen LogP contribution in [-0.2, 0) is 25.9 Å². The fraction of sp³-hybridized carbons (Fsp3) is 0.375. The first-order chi connectivity index (χ1) is 15.2. The van der Waals surface area contributed by atoms with Gasteiger partial charge in [0, 0.05) is 35.0 Å². The molecule has 0 aliphatic heterocycles. The molecule has 1 N–H and O–H groups in total. The summed E-state index contributed by atoms with van der Waals surface area (Å²) in [5.41, 5.74) is 3.58. The highest BCUT2D eigenvalue weighted by Gasteiger charge is 2.25. The Bertz CT molecular complexity index is 1240. The second-order valence-corrected chi connectivity index (χ2v) is 10.1. The third-order valence-corrected chi connectivity index (χ3v) is 7.96. The summed E-state index contributed by atoms with van der Waals surface area (Å²) in [5, 5.41) is 7.80. The minimum absolute atomic E-state index is 0.138. The van der Waals surface area contributed by atoms with E-state index in [9.17, 15) is 4.79 Å². The normalized spacial score (nSPS) is 16.0. The molecule has 0 fully saturated rings. The van der Waals surface area contributed by atoms with Crippen LogP contribution in [0.4, 0.5) is 0 Å². The fourth-order valence-electron chi connectivity index (χ4n) is 4.23. The third-order valence-electron chi connectivity index (χ3n) is 5.95. The van der Waals surface area contributed by atoms with Gasteiger partial charge in [-0.05, 0) is 31.2 Å². The van der Waals surface area contributed by atoms with Crippen LogP contribution in [0, 0.1) is 0 Å². The number of nitrogens with zero attached hydrogens (tertiary/aromatic N) is 3. The highest BCUT2D eigenvalue weighted by atomic mass is 32.1. The Morgan fingerprint density at radius 1 is 1.26 bits per heavy atom. The summed E-state index contributed by atoms with van der Waals surface area (Å²) in [6.45, 7) is 3.68. The summed E-state index contributed by atoms with van der Waals surface area (Å²) in [6, 6.07) is 10.7. The lowest BCUT2D eigenvalue weighted by Crippen LogP contribution is -2.33. The van der Waals surface area contributed by atoms with Crippen molar-refractivity contribution in [2.75, 3.05) is 0 Å². The van der Waals surface area contributed by atoms with Gasteiger partial charge in [0.2, 0.25) is 0 Å². The standard InChI is InChI=1S/C24H26N4OS2/c1-2-3-11-28-15-26-23-22(24(28)29)18-10-9-17(12-20(18)31-23)25-13-21-27-19(14-30-21)16-7-5-4-6-8-16/h4-8,14-15,17,25H,2-3,9-13H2,1H3. The van der Waals surface area contributed by atoms with E-state index in [1.807, 2.05) is 18.2 Å². The minimum atomic E-state index is 0.138. The van der Waals surface area contributed by atoms with Crippen LogP contribution in [0.2, 0.25) is 0 Å². The molecule has 7 heteroatoms. The summed E-state index contributed by atoms with van der Waals surface area (Å²) < 4.78 is 1.79. The summed E-state index contributed by atoms with van der Waals surface area (Å²) in [5.74, 6) is 0. The lowest BCUT2D eigenvalue weighted by molar-refractivity contribution is 0.462. The number of aryl methyl sites for hydroxylation is 2. The number of hydrogen-bond donors (Lipinski definition) is 1. The molecule has 1 unspecified atom stereocenters. The van der Waals surface area contributed by atoms with E-state index in [4.69, 9.17) is 4.98 Å². The number of thiophene rings is 1. The largest absolute Gasteiger partial charge is 0.307 e. The molecule has 160 valence electrons. The number of unbranched alkanes of at least 4 members (excludes halogenated alkanes) is 1. The number of hydrogen-bond acceptors (Lipinski definition) is 6. The van der Waals surface area contributed by atoms with E-state index in [0.717, 1.165) is 71.7 Å². The number of fused-ring (bicyclic) bond motifs is 3. The molecule has 1 atom stereocenters. The van der Waals surface area contributed by atoms with Gasteiger partial charge in [-0.1, -0.05) is 43.7 Å². The van der Waals surface area contributed by atoms with Gasteiger partial charge in [-0.2, -0.15) is 0 Å². The predicted octanol–water partition coefficient (Wildman–Crippen LogP) is 5.03. The highest BCUT2D eigenvalue weighted by molar-refractivity contribution is 7.18. The average molecular weight is 451 g/mol. The minimum Gasteiger partial charge on any atom is -0.307 e. The van der Waals surface area contributed by atoms with E-state index >= 15 is 0 Å². The number of benzene rings is 1. The Morgan fingerprint density at radius 2 is 2.13 bits per heavy atom. The number of thiazole rings is 1. The molecule has 4 aromatic rings. The van der Waals surface area contributed by atoms with E-state index in [2.05, 4.69) is 34.7 Å². The van der Waals surface area contributed by atoms with Crippen molar-refractivity contribution in [3.63, 3.8) is 0 Å². The Hall–Kier alpha value is -2.35. The molecule has 0 amide bonds. The van der Waals surface area contributed by atoms with E-state index in [1.165, 1.54) is 10.4 Å². The molecule has 0 spiro atoms. The van der Waals surface area contributed by atoms with Crippen molar-refractivity contribution in [3.05, 3.63) is 67.8 Å². The van der Waals surface area contributed by atoms with Crippen molar-refractivity contribution in [2.24, 2.45) is 0 Å². The van der Waals surface area contributed by atoms with E-state index < -0.39 is 0 Å². The smallest absolute Gasteiger partial charge is 0.262 e. The lowest BCUT2D eigenvalue weighted by atomic mass is 9.93. The quantitative estimate of drug-likeness (QED) is 0.429. The van der Waals surface area contributed by atoms with Gasteiger partial charge in [0.05, 0.1) is 17.4 Å². The van der Waals surface area contributed by atoms with Crippen molar-refractivity contribution in [2.45, 2.75) is 58.2 Å². The Morgan fingerprint density at radius 3 is 2.97 bits per heavy atom. The first-order valence-corrected chi connectivity index (χ1v) is 12.7. The number of rotatable bonds is 7. The Labute approximate surface area is 189 Å². The molecule has 1 aliphatic rings. The zero-order valence-electron chi connectivity index (χ0n) is 17.6. The highest BCUT2D eigenvalue weighted by Crippen LogP contribution is 2.34. The molecule has 5 nitrogen and oxygen atoms in total. The van der Waals surface area contributed by atoms with E-state index in [0.29, 0.717) is 6.04 Å². The maximum absolute atomic E-state index is 13.0. The summed E-state index contributed by atoms with van der Waals surface area (Å²) >= 11 is 3.40. The number of nitrogens with one attached hydrogen (secondary N) is 1. The summed E-state index contributed by atoms with van der Waals surface area (Å²) in [7, 11) is 0. The average Bonchev–Trinajstić information content (AvgIpc) is 3.42. The molecular weight excluding hydrogens is 424 g/mol. The van der Waals surface area contributed by atoms with Crippen LogP contribution < -0.4 is 10.9 Å². The first-order valence-electron chi connectivity index (χ1n) is 11.0. The molecule has 0 bridgehead atoms. The van der Waals surface area contributed by atoms with Crippen molar-refractivity contribution in [1.82, 2.24) is 19.9 Å². The van der Waals surface area contributed by atoms with Gasteiger partial charge in [-0.3, -0.25) is 9.36 Å². The molecule has 0 saturated carbocycles.